The molecule has 3 heterocycles. The first kappa shape index (κ1) is 35.1. The molecule has 6 nitrogen and oxygen atoms in total. The zero-order valence-electron chi connectivity index (χ0n) is 17.5. The standard InChI is InChI=1S/2C7H12N2.C6H10N2.4CH4/c1-6(2)7-4-8-9(3)5-7;1-6(2)7-4-5-9(3)8-7;1-6(2)8-5-3-4-7-8;;;;/h2*4-6H,1-3H3;3-6H,1-2H3;4*1H4. The Morgan fingerprint density at radius 3 is 1.57 bits per heavy atom. The fourth-order valence-corrected chi connectivity index (χ4v) is 2.07. The Labute approximate surface area is 187 Å². The molecule has 0 saturated carbocycles. The molecule has 3 rings (SSSR count). The SMILES string of the molecule is C.C.C.C.CC(C)c1ccn(C)n1.CC(C)c1cnn(C)c1.CC(C)n1cccn1. The molecule has 0 N–H and O–H groups in total. The molecular formula is C24H50N6. The Morgan fingerprint density at radius 2 is 1.37 bits per heavy atom. The summed E-state index contributed by atoms with van der Waals surface area (Å²) in [5.41, 5.74) is 2.47. The minimum Gasteiger partial charge on any atom is -0.276 e. The first-order valence-electron chi connectivity index (χ1n) is 9.17. The van der Waals surface area contributed by atoms with Crippen LogP contribution in [0, 0.1) is 0 Å². The van der Waals surface area contributed by atoms with E-state index in [4.69, 9.17) is 0 Å². The number of rotatable bonds is 3. The molecule has 0 aliphatic rings. The van der Waals surface area contributed by atoms with Crippen LogP contribution in [0.1, 0.15) is 100 Å². The predicted octanol–water partition coefficient (Wildman–Crippen LogP) is 7.10. The molecule has 0 radical (unpaired) electrons. The van der Waals surface area contributed by atoms with Gasteiger partial charge < -0.3 is 0 Å². The highest BCUT2D eigenvalue weighted by Gasteiger charge is 2.00. The Balaban J connectivity index is -0.000000159. The van der Waals surface area contributed by atoms with Crippen molar-refractivity contribution < 1.29 is 0 Å². The van der Waals surface area contributed by atoms with Crippen LogP contribution < -0.4 is 0 Å². The van der Waals surface area contributed by atoms with Crippen LogP contribution >= 0.6 is 0 Å². The quantitative estimate of drug-likeness (QED) is 0.452. The molecule has 0 bridgehead atoms. The maximum absolute atomic E-state index is 4.23. The average Bonchev–Trinajstić information content (AvgIpc) is 3.28. The Hall–Kier alpha value is -2.37. The molecule has 0 atom stereocenters. The molecular weight excluding hydrogens is 372 g/mol. The van der Waals surface area contributed by atoms with Crippen molar-refractivity contribution in [1.29, 1.82) is 0 Å². The van der Waals surface area contributed by atoms with Crippen LogP contribution in [-0.4, -0.2) is 29.3 Å². The third-order valence-electron chi connectivity index (χ3n) is 3.77. The Morgan fingerprint density at radius 1 is 0.767 bits per heavy atom. The summed E-state index contributed by atoms with van der Waals surface area (Å²) >= 11 is 0. The molecule has 0 aliphatic heterocycles. The van der Waals surface area contributed by atoms with Gasteiger partial charge in [0.25, 0.3) is 0 Å². The summed E-state index contributed by atoms with van der Waals surface area (Å²) in [7, 11) is 3.87. The van der Waals surface area contributed by atoms with Gasteiger partial charge in [-0.2, -0.15) is 15.3 Å². The first-order chi connectivity index (χ1) is 12.2. The highest BCUT2D eigenvalue weighted by atomic mass is 15.3. The fraction of sp³-hybridized carbons (Fsp3) is 0.625. The van der Waals surface area contributed by atoms with Crippen LogP contribution in [0.4, 0.5) is 0 Å². The Bertz CT molecular complexity index is 676. The number of nitrogens with zero attached hydrogens (tertiary/aromatic N) is 6. The van der Waals surface area contributed by atoms with Crippen molar-refractivity contribution >= 4 is 0 Å². The zero-order chi connectivity index (χ0) is 19.7. The Kier molecular flexibility index (Phi) is 20.5. The maximum Gasteiger partial charge on any atom is 0.0649 e. The van der Waals surface area contributed by atoms with Crippen molar-refractivity contribution in [2.24, 2.45) is 14.1 Å². The summed E-state index contributed by atoms with van der Waals surface area (Å²) < 4.78 is 5.57. The second kappa shape index (κ2) is 17.5. The molecule has 0 aromatic carbocycles. The van der Waals surface area contributed by atoms with Crippen molar-refractivity contribution in [3.05, 3.63) is 54.4 Å². The van der Waals surface area contributed by atoms with Crippen molar-refractivity contribution in [1.82, 2.24) is 29.3 Å². The molecule has 0 aliphatic carbocycles. The molecule has 0 spiro atoms. The molecule has 0 unspecified atom stereocenters. The highest BCUT2D eigenvalue weighted by molar-refractivity contribution is 5.08. The van der Waals surface area contributed by atoms with Crippen LogP contribution in [-0.2, 0) is 14.1 Å². The van der Waals surface area contributed by atoms with Crippen molar-refractivity contribution in [2.75, 3.05) is 0 Å². The fourth-order valence-electron chi connectivity index (χ4n) is 2.07. The highest BCUT2D eigenvalue weighted by Crippen LogP contribution is 2.11. The molecule has 176 valence electrons. The summed E-state index contributed by atoms with van der Waals surface area (Å²) in [5.74, 6) is 1.14. The van der Waals surface area contributed by atoms with Crippen LogP contribution in [0.15, 0.2) is 43.1 Å². The lowest BCUT2D eigenvalue weighted by Gasteiger charge is -2.01. The van der Waals surface area contributed by atoms with E-state index >= 15 is 0 Å². The molecule has 3 aromatic heterocycles. The third-order valence-corrected chi connectivity index (χ3v) is 3.77. The van der Waals surface area contributed by atoms with Gasteiger partial charge in [0.05, 0.1) is 11.9 Å². The second-order valence-corrected chi connectivity index (χ2v) is 7.25. The van der Waals surface area contributed by atoms with Crippen molar-refractivity contribution in [3.8, 4) is 0 Å². The largest absolute Gasteiger partial charge is 0.276 e. The van der Waals surface area contributed by atoms with E-state index in [-0.39, 0.29) is 29.7 Å². The van der Waals surface area contributed by atoms with E-state index in [0.717, 1.165) is 5.69 Å². The van der Waals surface area contributed by atoms with E-state index in [1.165, 1.54) is 5.56 Å². The van der Waals surface area contributed by atoms with E-state index in [9.17, 15) is 0 Å². The molecule has 0 saturated heterocycles. The topological polar surface area (TPSA) is 53.5 Å². The van der Waals surface area contributed by atoms with Gasteiger partial charge in [0.2, 0.25) is 0 Å². The normalized spacial score (nSPS) is 9.17. The number of aromatic nitrogens is 6. The second-order valence-electron chi connectivity index (χ2n) is 7.25. The van der Waals surface area contributed by atoms with Crippen LogP contribution in [0.3, 0.4) is 0 Å². The zero-order valence-corrected chi connectivity index (χ0v) is 17.5. The van der Waals surface area contributed by atoms with Gasteiger partial charge >= 0.3 is 0 Å². The van der Waals surface area contributed by atoms with E-state index in [0.29, 0.717) is 17.9 Å². The van der Waals surface area contributed by atoms with Gasteiger partial charge in [-0.1, -0.05) is 57.4 Å². The van der Waals surface area contributed by atoms with Gasteiger partial charge in [-0.3, -0.25) is 14.0 Å². The molecule has 0 amide bonds. The summed E-state index contributed by atoms with van der Waals surface area (Å²) in [6, 6.07) is 4.47. The van der Waals surface area contributed by atoms with E-state index in [1.54, 1.807) is 6.20 Å². The van der Waals surface area contributed by atoms with E-state index in [2.05, 4.69) is 56.8 Å². The number of aryl methyl sites for hydroxylation is 2. The lowest BCUT2D eigenvalue weighted by molar-refractivity contribution is 0.532. The average molecular weight is 423 g/mol. The van der Waals surface area contributed by atoms with Crippen LogP contribution in [0.5, 0.6) is 0 Å². The van der Waals surface area contributed by atoms with Crippen molar-refractivity contribution in [3.63, 3.8) is 0 Å². The van der Waals surface area contributed by atoms with Crippen LogP contribution in [0.25, 0.3) is 0 Å². The monoisotopic (exact) mass is 422 g/mol. The number of hydrogen-bond acceptors (Lipinski definition) is 3. The van der Waals surface area contributed by atoms with Gasteiger partial charge in [0.1, 0.15) is 0 Å². The minimum absolute atomic E-state index is 0. The molecule has 3 aromatic rings. The maximum atomic E-state index is 4.23. The lowest BCUT2D eigenvalue weighted by Crippen LogP contribution is -1.99. The van der Waals surface area contributed by atoms with Crippen molar-refractivity contribution in [2.45, 2.75) is 89.1 Å². The predicted molar refractivity (Wildman–Crippen MR) is 134 cm³/mol. The summed E-state index contributed by atoms with van der Waals surface area (Å²) in [5, 5.41) is 12.3. The molecule has 0 fully saturated rings. The van der Waals surface area contributed by atoms with Gasteiger partial charge in [0, 0.05) is 44.9 Å². The molecule has 6 heteroatoms. The summed E-state index contributed by atoms with van der Waals surface area (Å²) in [6.45, 7) is 12.8. The third kappa shape index (κ3) is 13.0. The van der Waals surface area contributed by atoms with E-state index < -0.39 is 0 Å². The van der Waals surface area contributed by atoms with E-state index in [1.807, 2.05) is 65.1 Å². The number of hydrogen-bond donors (Lipinski definition) is 0. The van der Waals surface area contributed by atoms with Gasteiger partial charge in [-0.15, -0.1) is 0 Å². The molecule has 30 heavy (non-hydrogen) atoms. The lowest BCUT2D eigenvalue weighted by atomic mass is 10.1. The van der Waals surface area contributed by atoms with Gasteiger partial charge in [0.15, 0.2) is 0 Å². The van der Waals surface area contributed by atoms with Gasteiger partial charge in [-0.25, -0.2) is 0 Å². The minimum atomic E-state index is 0. The van der Waals surface area contributed by atoms with Gasteiger partial charge in [-0.05, 0) is 43.4 Å². The summed E-state index contributed by atoms with van der Waals surface area (Å²) in [6.07, 6.45) is 9.68. The first-order valence-corrected chi connectivity index (χ1v) is 9.17. The summed E-state index contributed by atoms with van der Waals surface area (Å²) in [4.78, 5) is 0. The van der Waals surface area contributed by atoms with Crippen LogP contribution in [0.2, 0.25) is 0 Å². The smallest absolute Gasteiger partial charge is 0.0649 e.